The molecule has 4 aromatic heterocycles. The Kier molecular flexibility index (Phi) is 5.34. The summed E-state index contributed by atoms with van der Waals surface area (Å²) in [7, 11) is 0. The number of aryl methyl sites for hydroxylation is 4. The third-order valence-corrected chi connectivity index (χ3v) is 10.7. The van der Waals surface area contributed by atoms with Crippen LogP contribution in [0.25, 0.3) is 26.1 Å². The van der Waals surface area contributed by atoms with Gasteiger partial charge in [-0.2, -0.15) is 0 Å². The smallest absolute Gasteiger partial charge is 0.267 e. The predicted molar refractivity (Wildman–Crippen MR) is 149 cm³/mol. The SMILES string of the molecule is Nc1c(Sc2nc3sc4c(c3c(=O)n2-c2ccccc2)CCCC4)c(=O)[nH]c2sc3c(c12)CCCC3. The number of thiophene rings is 2. The molecule has 0 saturated carbocycles. The number of pyridine rings is 1. The number of rotatable bonds is 3. The maximum atomic E-state index is 14.0. The van der Waals surface area contributed by atoms with Crippen LogP contribution in [0.4, 0.5) is 5.69 Å². The Bertz CT molecular complexity index is 1780. The fraction of sp³-hybridized carbons (Fsp3) is 0.296. The first-order valence-corrected chi connectivity index (χ1v) is 14.8. The molecular formula is C27H24N4O2S3. The van der Waals surface area contributed by atoms with E-state index in [4.69, 9.17) is 10.7 Å². The number of nitrogens with zero attached hydrogens (tertiary/aromatic N) is 2. The van der Waals surface area contributed by atoms with Crippen molar-refractivity contribution in [2.75, 3.05) is 5.73 Å². The van der Waals surface area contributed by atoms with E-state index in [-0.39, 0.29) is 11.1 Å². The average molecular weight is 533 g/mol. The minimum Gasteiger partial charge on any atom is -0.397 e. The van der Waals surface area contributed by atoms with Crippen molar-refractivity contribution < 1.29 is 0 Å². The number of benzene rings is 1. The lowest BCUT2D eigenvalue weighted by Gasteiger charge is -2.15. The van der Waals surface area contributed by atoms with Gasteiger partial charge in [0.15, 0.2) is 5.16 Å². The Balaban J connectivity index is 1.47. The van der Waals surface area contributed by atoms with Gasteiger partial charge >= 0.3 is 0 Å². The van der Waals surface area contributed by atoms with E-state index in [1.165, 1.54) is 33.5 Å². The van der Waals surface area contributed by atoms with E-state index < -0.39 is 0 Å². The zero-order chi connectivity index (χ0) is 24.4. The van der Waals surface area contributed by atoms with Gasteiger partial charge in [-0.3, -0.25) is 14.2 Å². The van der Waals surface area contributed by atoms with Crippen LogP contribution in [-0.2, 0) is 25.7 Å². The van der Waals surface area contributed by atoms with Gasteiger partial charge in [0.1, 0.15) is 14.6 Å². The van der Waals surface area contributed by atoms with Gasteiger partial charge in [0.05, 0.1) is 16.8 Å². The molecule has 7 rings (SSSR count). The van der Waals surface area contributed by atoms with E-state index in [0.717, 1.165) is 76.6 Å². The highest BCUT2D eigenvalue weighted by Gasteiger charge is 2.26. The number of hydrogen-bond acceptors (Lipinski definition) is 7. The van der Waals surface area contributed by atoms with Crippen molar-refractivity contribution in [2.24, 2.45) is 0 Å². The van der Waals surface area contributed by atoms with Crippen molar-refractivity contribution in [2.45, 2.75) is 61.4 Å². The van der Waals surface area contributed by atoms with Crippen LogP contribution in [0.2, 0.25) is 0 Å². The standard InChI is InChI=1S/C27H24N4O2S3/c28-21-19-15-10-4-6-12-17(15)34-24(19)29-23(32)22(21)36-27-30-25-20(16-11-5-7-13-18(16)35-25)26(33)31(27)14-8-2-1-3-9-14/h1-3,8-9H,4-7,10-13H2,(H3,28,29,32). The molecule has 36 heavy (non-hydrogen) atoms. The van der Waals surface area contributed by atoms with Crippen LogP contribution in [0.5, 0.6) is 0 Å². The van der Waals surface area contributed by atoms with Crippen molar-refractivity contribution >= 4 is 60.6 Å². The molecule has 0 spiro atoms. The molecule has 6 nitrogen and oxygen atoms in total. The molecule has 0 aliphatic heterocycles. The molecule has 2 aliphatic rings. The summed E-state index contributed by atoms with van der Waals surface area (Å²) < 4.78 is 1.65. The summed E-state index contributed by atoms with van der Waals surface area (Å²) in [6, 6.07) is 9.56. The van der Waals surface area contributed by atoms with E-state index in [0.29, 0.717) is 15.7 Å². The number of aromatic amines is 1. The first-order chi connectivity index (χ1) is 17.6. The molecule has 0 bridgehead atoms. The summed E-state index contributed by atoms with van der Waals surface area (Å²) in [6.07, 6.45) is 8.47. The van der Waals surface area contributed by atoms with Crippen molar-refractivity contribution in [1.82, 2.24) is 14.5 Å². The minimum atomic E-state index is -0.233. The highest BCUT2D eigenvalue weighted by Crippen LogP contribution is 2.42. The van der Waals surface area contributed by atoms with Gasteiger partial charge in [0, 0.05) is 15.1 Å². The monoisotopic (exact) mass is 532 g/mol. The normalized spacial score (nSPS) is 15.3. The third-order valence-electron chi connectivity index (χ3n) is 7.28. The van der Waals surface area contributed by atoms with Crippen molar-refractivity contribution in [1.29, 1.82) is 0 Å². The Morgan fingerprint density at radius 1 is 0.889 bits per heavy atom. The Hall–Kier alpha value is -2.88. The summed E-state index contributed by atoms with van der Waals surface area (Å²) >= 11 is 4.47. The maximum Gasteiger partial charge on any atom is 0.267 e. The molecule has 9 heteroatoms. The minimum absolute atomic E-state index is 0.0721. The molecule has 1 aromatic carbocycles. The predicted octanol–water partition coefficient (Wildman–Crippen LogP) is 5.84. The molecule has 182 valence electrons. The van der Waals surface area contributed by atoms with Crippen molar-refractivity contribution in [3.05, 3.63) is 71.9 Å². The van der Waals surface area contributed by atoms with Gasteiger partial charge in [-0.25, -0.2) is 4.98 Å². The van der Waals surface area contributed by atoms with E-state index >= 15 is 0 Å². The molecule has 5 aromatic rings. The van der Waals surface area contributed by atoms with Crippen LogP contribution in [0.3, 0.4) is 0 Å². The quantitative estimate of drug-likeness (QED) is 0.285. The topological polar surface area (TPSA) is 93.8 Å². The lowest BCUT2D eigenvalue weighted by molar-refractivity contribution is 0.699. The highest BCUT2D eigenvalue weighted by atomic mass is 32.2. The van der Waals surface area contributed by atoms with Crippen molar-refractivity contribution in [3.63, 3.8) is 0 Å². The zero-order valence-electron chi connectivity index (χ0n) is 19.6. The van der Waals surface area contributed by atoms with Gasteiger partial charge in [0.25, 0.3) is 11.1 Å². The number of hydrogen-bond donors (Lipinski definition) is 2. The number of nitrogens with one attached hydrogen (secondary N) is 1. The molecule has 4 heterocycles. The van der Waals surface area contributed by atoms with Crippen LogP contribution in [0, 0.1) is 0 Å². The van der Waals surface area contributed by atoms with Gasteiger partial charge in [-0.1, -0.05) is 18.2 Å². The molecular weight excluding hydrogens is 509 g/mol. The lowest BCUT2D eigenvalue weighted by Crippen LogP contribution is -2.23. The second-order valence-corrected chi connectivity index (χ2v) is 12.6. The van der Waals surface area contributed by atoms with Gasteiger partial charge in [-0.15, -0.1) is 22.7 Å². The molecule has 0 atom stereocenters. The number of fused-ring (bicyclic) bond motifs is 6. The Labute approximate surface area is 219 Å². The van der Waals surface area contributed by atoms with Crippen LogP contribution < -0.4 is 16.9 Å². The number of aromatic nitrogens is 3. The molecule has 0 saturated heterocycles. The van der Waals surface area contributed by atoms with E-state index in [2.05, 4.69) is 4.98 Å². The third kappa shape index (κ3) is 3.40. The van der Waals surface area contributed by atoms with Crippen LogP contribution in [0.15, 0.2) is 50.0 Å². The number of H-pyrrole nitrogens is 1. The molecule has 0 amide bonds. The average Bonchev–Trinajstić information content (AvgIpc) is 3.45. The number of para-hydroxylation sites is 1. The second-order valence-electron chi connectivity index (χ2n) is 9.48. The van der Waals surface area contributed by atoms with E-state index in [9.17, 15) is 9.59 Å². The number of anilines is 1. The van der Waals surface area contributed by atoms with Gasteiger partial charge in [-0.05, 0) is 86.4 Å². The van der Waals surface area contributed by atoms with Crippen LogP contribution >= 0.6 is 34.4 Å². The zero-order valence-corrected chi connectivity index (χ0v) is 22.0. The summed E-state index contributed by atoms with van der Waals surface area (Å²) in [5.41, 5.74) is 10.1. The lowest BCUT2D eigenvalue weighted by atomic mass is 9.96. The fourth-order valence-electron chi connectivity index (χ4n) is 5.59. The molecule has 0 radical (unpaired) electrons. The maximum absolute atomic E-state index is 14.0. The summed E-state index contributed by atoms with van der Waals surface area (Å²) in [6.45, 7) is 0. The van der Waals surface area contributed by atoms with Gasteiger partial charge in [0.2, 0.25) is 0 Å². The summed E-state index contributed by atoms with van der Waals surface area (Å²) in [4.78, 5) is 39.9. The molecule has 0 fully saturated rings. The molecule has 2 aliphatic carbocycles. The van der Waals surface area contributed by atoms with Crippen LogP contribution in [0.1, 0.15) is 46.6 Å². The van der Waals surface area contributed by atoms with E-state index in [1.807, 2.05) is 30.3 Å². The summed E-state index contributed by atoms with van der Waals surface area (Å²) in [5, 5.41) is 2.17. The van der Waals surface area contributed by atoms with Crippen LogP contribution in [-0.4, -0.2) is 14.5 Å². The second kappa shape index (κ2) is 8.61. The van der Waals surface area contributed by atoms with Crippen molar-refractivity contribution in [3.8, 4) is 5.69 Å². The first-order valence-electron chi connectivity index (χ1n) is 12.4. The molecule has 3 N–H and O–H groups in total. The number of nitrogen functional groups attached to an aromatic ring is 1. The first kappa shape index (κ1) is 22.3. The highest BCUT2D eigenvalue weighted by molar-refractivity contribution is 7.99. The number of nitrogens with two attached hydrogens (primary N) is 1. The molecule has 0 unspecified atom stereocenters. The largest absolute Gasteiger partial charge is 0.397 e. The summed E-state index contributed by atoms with van der Waals surface area (Å²) in [5.74, 6) is 0. The Morgan fingerprint density at radius 3 is 2.31 bits per heavy atom. The van der Waals surface area contributed by atoms with Gasteiger partial charge < -0.3 is 10.7 Å². The Morgan fingerprint density at radius 2 is 1.56 bits per heavy atom. The fourth-order valence-corrected chi connectivity index (χ4v) is 9.15. The van der Waals surface area contributed by atoms with E-state index in [1.54, 1.807) is 27.2 Å².